The van der Waals surface area contributed by atoms with Gasteiger partial charge in [-0.25, -0.2) is 0 Å². The summed E-state index contributed by atoms with van der Waals surface area (Å²) in [4.78, 5) is 24.0. The summed E-state index contributed by atoms with van der Waals surface area (Å²) >= 11 is 11.7. The zero-order valence-corrected chi connectivity index (χ0v) is 14.3. The first-order valence-electron chi connectivity index (χ1n) is 7.33. The highest BCUT2D eigenvalue weighted by Crippen LogP contribution is 2.31. The van der Waals surface area contributed by atoms with Crippen molar-refractivity contribution in [3.63, 3.8) is 0 Å². The molecule has 8 heteroatoms. The summed E-state index contributed by atoms with van der Waals surface area (Å²) < 4.78 is 16.2. The van der Waals surface area contributed by atoms with E-state index in [0.29, 0.717) is 22.3 Å². The molecule has 3 rings (SSSR count). The Kier molecular flexibility index (Phi) is 5.31. The molecular weight excluding hydrogens is 369 g/mol. The van der Waals surface area contributed by atoms with Gasteiger partial charge >= 0.3 is 0 Å². The van der Waals surface area contributed by atoms with Crippen LogP contribution >= 0.6 is 23.2 Å². The van der Waals surface area contributed by atoms with E-state index in [-0.39, 0.29) is 18.2 Å². The monoisotopic (exact) mass is 381 g/mol. The van der Waals surface area contributed by atoms with Crippen molar-refractivity contribution in [1.29, 1.82) is 0 Å². The van der Waals surface area contributed by atoms with Crippen LogP contribution in [0.15, 0.2) is 42.5 Å². The lowest BCUT2D eigenvalue weighted by atomic mass is 10.2. The van der Waals surface area contributed by atoms with Crippen LogP contribution in [0, 0.1) is 0 Å². The Labute approximate surface area is 153 Å². The summed E-state index contributed by atoms with van der Waals surface area (Å²) in [6.07, 6.45) is -0.919. The van der Waals surface area contributed by atoms with Crippen LogP contribution in [0.3, 0.4) is 0 Å². The van der Waals surface area contributed by atoms with Gasteiger partial charge in [-0.15, -0.1) is 0 Å². The van der Waals surface area contributed by atoms with E-state index in [1.807, 2.05) is 0 Å². The molecule has 1 aliphatic rings. The number of amides is 2. The van der Waals surface area contributed by atoms with E-state index in [2.05, 4.69) is 5.32 Å². The van der Waals surface area contributed by atoms with E-state index in [0.717, 1.165) is 0 Å². The molecule has 2 aromatic rings. The molecule has 0 aliphatic carbocycles. The highest BCUT2D eigenvalue weighted by Gasteiger charge is 2.28. The molecule has 25 heavy (non-hydrogen) atoms. The molecule has 0 bridgehead atoms. The van der Waals surface area contributed by atoms with Gasteiger partial charge in [-0.05, 0) is 30.3 Å². The number of hydrogen-bond donors (Lipinski definition) is 1. The van der Waals surface area contributed by atoms with Crippen molar-refractivity contribution in [2.24, 2.45) is 0 Å². The zero-order valence-electron chi connectivity index (χ0n) is 12.8. The van der Waals surface area contributed by atoms with Gasteiger partial charge in [-0.3, -0.25) is 14.9 Å². The van der Waals surface area contributed by atoms with E-state index in [9.17, 15) is 9.59 Å². The Balaban J connectivity index is 1.52. The summed E-state index contributed by atoms with van der Waals surface area (Å²) in [6.45, 7) is -0.364. The second kappa shape index (κ2) is 7.63. The van der Waals surface area contributed by atoms with Crippen LogP contribution in [-0.4, -0.2) is 31.1 Å². The van der Waals surface area contributed by atoms with Crippen LogP contribution in [0.2, 0.25) is 10.0 Å². The fourth-order valence-corrected chi connectivity index (χ4v) is 2.60. The first-order valence-corrected chi connectivity index (χ1v) is 8.08. The molecular formula is C17H13Cl2NO5. The van der Waals surface area contributed by atoms with Crippen LogP contribution < -0.4 is 19.5 Å². The minimum absolute atomic E-state index is 0.0139. The quantitative estimate of drug-likeness (QED) is 0.881. The number of para-hydroxylation sites is 2. The third-order valence-electron chi connectivity index (χ3n) is 3.32. The van der Waals surface area contributed by atoms with Gasteiger partial charge < -0.3 is 14.2 Å². The molecule has 130 valence electrons. The largest absolute Gasteiger partial charge is 0.485 e. The molecule has 0 unspecified atom stereocenters. The second-order valence-electron chi connectivity index (χ2n) is 5.14. The Bertz CT molecular complexity index is 811. The molecule has 0 saturated heterocycles. The lowest BCUT2D eigenvalue weighted by molar-refractivity contribution is -0.137. The van der Waals surface area contributed by atoms with E-state index in [4.69, 9.17) is 37.4 Å². The fourth-order valence-electron chi connectivity index (χ4n) is 2.14. The third-order valence-corrected chi connectivity index (χ3v) is 3.85. The van der Waals surface area contributed by atoms with Gasteiger partial charge in [0.15, 0.2) is 18.1 Å². The van der Waals surface area contributed by atoms with Crippen LogP contribution in [0.25, 0.3) is 0 Å². The molecule has 0 spiro atoms. The van der Waals surface area contributed by atoms with Crippen molar-refractivity contribution >= 4 is 35.0 Å². The molecule has 0 aromatic heterocycles. The second-order valence-corrected chi connectivity index (χ2v) is 5.98. The molecule has 1 heterocycles. The van der Waals surface area contributed by atoms with Crippen LogP contribution in [0.4, 0.5) is 0 Å². The molecule has 0 radical (unpaired) electrons. The normalized spacial score (nSPS) is 15.4. The van der Waals surface area contributed by atoms with E-state index >= 15 is 0 Å². The van der Waals surface area contributed by atoms with Gasteiger partial charge in [0.1, 0.15) is 12.4 Å². The summed E-state index contributed by atoms with van der Waals surface area (Å²) in [5.74, 6) is 0.0627. The number of ether oxygens (including phenoxy) is 3. The lowest BCUT2D eigenvalue weighted by Crippen LogP contribution is -2.47. The number of fused-ring (bicyclic) bond motifs is 1. The highest BCUT2D eigenvalue weighted by molar-refractivity contribution is 6.35. The zero-order chi connectivity index (χ0) is 17.8. The maximum Gasteiger partial charge on any atom is 0.271 e. The predicted molar refractivity (Wildman–Crippen MR) is 91.5 cm³/mol. The molecule has 1 N–H and O–H groups in total. The van der Waals surface area contributed by atoms with Gasteiger partial charge in [0.2, 0.25) is 6.10 Å². The van der Waals surface area contributed by atoms with Gasteiger partial charge in [0.05, 0.1) is 5.02 Å². The maximum atomic E-state index is 12.1. The maximum absolute atomic E-state index is 12.1. The number of nitrogens with one attached hydrogen (secondary N) is 1. The topological polar surface area (TPSA) is 73.9 Å². The number of carbonyl (C=O) groups excluding carboxylic acids is 2. The summed E-state index contributed by atoms with van der Waals surface area (Å²) in [6, 6.07) is 11.6. The lowest BCUT2D eigenvalue weighted by Gasteiger charge is -2.25. The third kappa shape index (κ3) is 4.35. The number of hydrogen-bond acceptors (Lipinski definition) is 5. The molecule has 1 atom stereocenters. The molecule has 0 saturated carbocycles. The van der Waals surface area contributed by atoms with Crippen molar-refractivity contribution < 1.29 is 23.8 Å². The molecule has 2 aromatic carbocycles. The van der Waals surface area contributed by atoms with Crippen molar-refractivity contribution in [3.8, 4) is 17.2 Å². The van der Waals surface area contributed by atoms with Crippen LogP contribution in [0.5, 0.6) is 17.2 Å². The minimum atomic E-state index is -0.919. The average molecular weight is 382 g/mol. The number of rotatable bonds is 4. The predicted octanol–water partition coefficient (Wildman–Crippen LogP) is 2.86. The SMILES string of the molecule is O=C(COc1ccc(Cl)cc1Cl)NC(=O)[C@H]1COc2ccccc2O1. The van der Waals surface area contributed by atoms with Gasteiger partial charge in [-0.2, -0.15) is 0 Å². The van der Waals surface area contributed by atoms with Crippen molar-refractivity contribution in [2.75, 3.05) is 13.2 Å². The van der Waals surface area contributed by atoms with E-state index < -0.39 is 17.9 Å². The summed E-state index contributed by atoms with van der Waals surface area (Å²) in [5, 5.41) is 2.93. The number of halogens is 2. The smallest absolute Gasteiger partial charge is 0.271 e. The number of carbonyl (C=O) groups is 2. The van der Waals surface area contributed by atoms with Crippen molar-refractivity contribution in [3.05, 3.63) is 52.5 Å². The molecule has 2 amide bonds. The summed E-state index contributed by atoms with van der Waals surface area (Å²) in [5.41, 5.74) is 0. The van der Waals surface area contributed by atoms with Crippen molar-refractivity contribution in [1.82, 2.24) is 5.32 Å². The van der Waals surface area contributed by atoms with E-state index in [1.54, 1.807) is 30.3 Å². The Hall–Kier alpha value is -2.44. The highest BCUT2D eigenvalue weighted by atomic mass is 35.5. The van der Waals surface area contributed by atoms with Gasteiger partial charge in [0.25, 0.3) is 11.8 Å². The molecule has 1 aliphatic heterocycles. The van der Waals surface area contributed by atoms with Crippen LogP contribution in [-0.2, 0) is 9.59 Å². The minimum Gasteiger partial charge on any atom is -0.485 e. The molecule has 6 nitrogen and oxygen atoms in total. The van der Waals surface area contributed by atoms with Gasteiger partial charge in [-0.1, -0.05) is 35.3 Å². The van der Waals surface area contributed by atoms with Crippen molar-refractivity contribution in [2.45, 2.75) is 6.10 Å². The Morgan fingerprint density at radius 2 is 1.92 bits per heavy atom. The first kappa shape index (κ1) is 17.4. The first-order chi connectivity index (χ1) is 12.0. The van der Waals surface area contributed by atoms with Gasteiger partial charge in [0, 0.05) is 5.02 Å². The van der Waals surface area contributed by atoms with Crippen LogP contribution in [0.1, 0.15) is 0 Å². The number of imide groups is 1. The number of benzene rings is 2. The summed E-state index contributed by atoms with van der Waals surface area (Å²) in [7, 11) is 0. The van der Waals surface area contributed by atoms with E-state index in [1.165, 1.54) is 12.1 Å². The standard InChI is InChI=1S/C17H13Cl2NO5/c18-10-5-6-12(11(19)7-10)24-9-16(21)20-17(22)15-8-23-13-3-1-2-4-14(13)25-15/h1-7,15H,8-9H2,(H,20,21,22)/t15-/m1/s1. The average Bonchev–Trinajstić information content (AvgIpc) is 2.60. The Morgan fingerprint density at radius 3 is 2.68 bits per heavy atom. The fraction of sp³-hybridized carbons (Fsp3) is 0.176. The Morgan fingerprint density at radius 1 is 1.16 bits per heavy atom. The molecule has 0 fully saturated rings.